The minimum absolute atomic E-state index is 0.313. The van der Waals surface area contributed by atoms with E-state index in [0.29, 0.717) is 6.10 Å². The molecule has 2 nitrogen and oxygen atoms in total. The summed E-state index contributed by atoms with van der Waals surface area (Å²) in [6, 6.07) is 0. The summed E-state index contributed by atoms with van der Waals surface area (Å²) in [7, 11) is 0. The highest BCUT2D eigenvalue weighted by Gasteiger charge is 2.11. The molecule has 1 atom stereocenters. The Balaban J connectivity index is 1.59. The zero-order chi connectivity index (χ0) is 11.2. The van der Waals surface area contributed by atoms with Gasteiger partial charge in [0.25, 0.3) is 0 Å². The van der Waals surface area contributed by atoms with Gasteiger partial charge < -0.3 is 9.64 Å². The standard InChI is InChI=1S/C14H23NO/c1-13-5-7-14(8-6-13)16-12-11-15-9-3-2-4-10-15/h5-7,14H,2-4,8-12H2,1H3. The molecule has 2 aliphatic rings. The van der Waals surface area contributed by atoms with Crippen LogP contribution in [0.5, 0.6) is 0 Å². The molecule has 2 rings (SSSR count). The van der Waals surface area contributed by atoms with Gasteiger partial charge in [-0.05, 0) is 39.3 Å². The van der Waals surface area contributed by atoms with Crippen LogP contribution in [0.3, 0.4) is 0 Å². The van der Waals surface area contributed by atoms with Gasteiger partial charge in [0, 0.05) is 6.54 Å². The topological polar surface area (TPSA) is 12.5 Å². The first-order valence-electron chi connectivity index (χ1n) is 6.53. The third kappa shape index (κ3) is 3.76. The highest BCUT2D eigenvalue weighted by Crippen LogP contribution is 2.13. The second-order valence-corrected chi connectivity index (χ2v) is 4.85. The van der Waals surface area contributed by atoms with Crippen LogP contribution in [0.2, 0.25) is 0 Å². The lowest BCUT2D eigenvalue weighted by Crippen LogP contribution is -2.33. The van der Waals surface area contributed by atoms with Crippen molar-refractivity contribution in [3.8, 4) is 0 Å². The molecule has 0 aromatic rings. The van der Waals surface area contributed by atoms with Gasteiger partial charge in [0.2, 0.25) is 0 Å². The van der Waals surface area contributed by atoms with Crippen molar-refractivity contribution in [2.75, 3.05) is 26.2 Å². The summed E-state index contributed by atoms with van der Waals surface area (Å²) >= 11 is 0. The maximum Gasteiger partial charge on any atom is 0.0794 e. The summed E-state index contributed by atoms with van der Waals surface area (Å²) in [6.45, 7) is 6.65. The fourth-order valence-corrected chi connectivity index (χ4v) is 2.35. The lowest BCUT2D eigenvalue weighted by molar-refractivity contribution is 0.0610. The Morgan fingerprint density at radius 3 is 2.81 bits per heavy atom. The molecule has 0 N–H and O–H groups in total. The van der Waals surface area contributed by atoms with Crippen molar-refractivity contribution in [2.45, 2.75) is 38.7 Å². The molecule has 1 aliphatic carbocycles. The number of ether oxygens (including phenoxy) is 1. The number of hydrogen-bond acceptors (Lipinski definition) is 2. The third-order valence-corrected chi connectivity index (χ3v) is 3.43. The van der Waals surface area contributed by atoms with Gasteiger partial charge in [0.1, 0.15) is 0 Å². The Morgan fingerprint density at radius 2 is 2.12 bits per heavy atom. The first-order chi connectivity index (χ1) is 7.84. The van der Waals surface area contributed by atoms with E-state index in [9.17, 15) is 0 Å². The van der Waals surface area contributed by atoms with Crippen molar-refractivity contribution in [1.29, 1.82) is 0 Å². The number of allylic oxidation sites excluding steroid dienone is 2. The largest absolute Gasteiger partial charge is 0.372 e. The second-order valence-electron chi connectivity index (χ2n) is 4.85. The molecular weight excluding hydrogens is 198 g/mol. The van der Waals surface area contributed by atoms with Crippen molar-refractivity contribution < 1.29 is 4.74 Å². The average molecular weight is 221 g/mol. The fourth-order valence-electron chi connectivity index (χ4n) is 2.35. The molecule has 0 spiro atoms. The predicted octanol–water partition coefficient (Wildman–Crippen LogP) is 2.76. The first kappa shape index (κ1) is 11.9. The maximum atomic E-state index is 5.86. The molecule has 0 aromatic heterocycles. The van der Waals surface area contributed by atoms with Gasteiger partial charge in [-0.2, -0.15) is 0 Å². The van der Waals surface area contributed by atoms with E-state index < -0.39 is 0 Å². The van der Waals surface area contributed by atoms with E-state index in [4.69, 9.17) is 4.74 Å². The predicted molar refractivity (Wildman–Crippen MR) is 67.5 cm³/mol. The van der Waals surface area contributed by atoms with E-state index in [1.165, 1.54) is 37.9 Å². The molecule has 0 amide bonds. The van der Waals surface area contributed by atoms with Crippen molar-refractivity contribution in [1.82, 2.24) is 4.90 Å². The van der Waals surface area contributed by atoms with Crippen molar-refractivity contribution in [2.24, 2.45) is 0 Å². The van der Waals surface area contributed by atoms with E-state index in [2.05, 4.69) is 30.1 Å². The molecule has 2 heteroatoms. The minimum atomic E-state index is 0.313. The molecule has 16 heavy (non-hydrogen) atoms. The summed E-state index contributed by atoms with van der Waals surface area (Å²) in [5, 5.41) is 0. The van der Waals surface area contributed by atoms with E-state index in [0.717, 1.165) is 19.6 Å². The van der Waals surface area contributed by atoms with Crippen LogP contribution in [0.1, 0.15) is 32.6 Å². The van der Waals surface area contributed by atoms with Crippen molar-refractivity contribution in [3.63, 3.8) is 0 Å². The third-order valence-electron chi connectivity index (χ3n) is 3.43. The van der Waals surface area contributed by atoms with Gasteiger partial charge in [0.15, 0.2) is 0 Å². The van der Waals surface area contributed by atoms with Crippen molar-refractivity contribution >= 4 is 0 Å². The van der Waals surface area contributed by atoms with Crippen LogP contribution in [-0.4, -0.2) is 37.2 Å². The van der Waals surface area contributed by atoms with Crippen LogP contribution in [0.15, 0.2) is 23.8 Å². The molecule has 0 bridgehead atoms. The molecule has 1 saturated heterocycles. The fraction of sp³-hybridized carbons (Fsp3) is 0.714. The highest BCUT2D eigenvalue weighted by atomic mass is 16.5. The van der Waals surface area contributed by atoms with Crippen LogP contribution in [0.25, 0.3) is 0 Å². The number of likely N-dealkylation sites (tertiary alicyclic amines) is 1. The summed E-state index contributed by atoms with van der Waals surface area (Å²) in [5.41, 5.74) is 1.36. The van der Waals surface area contributed by atoms with E-state index in [-0.39, 0.29) is 0 Å². The maximum absolute atomic E-state index is 5.86. The van der Waals surface area contributed by atoms with E-state index >= 15 is 0 Å². The molecule has 1 fully saturated rings. The monoisotopic (exact) mass is 221 g/mol. The highest BCUT2D eigenvalue weighted by molar-refractivity contribution is 5.21. The van der Waals surface area contributed by atoms with Gasteiger partial charge in [-0.15, -0.1) is 0 Å². The lowest BCUT2D eigenvalue weighted by atomic mass is 10.1. The molecule has 1 aliphatic heterocycles. The zero-order valence-electron chi connectivity index (χ0n) is 10.3. The van der Waals surface area contributed by atoms with Gasteiger partial charge in [-0.1, -0.05) is 30.2 Å². The smallest absolute Gasteiger partial charge is 0.0794 e. The van der Waals surface area contributed by atoms with E-state index in [1.807, 2.05) is 0 Å². The molecule has 0 saturated carbocycles. The van der Waals surface area contributed by atoms with Crippen LogP contribution in [-0.2, 0) is 4.74 Å². The SMILES string of the molecule is CC1=CCC(OCCN2CCCCC2)C=C1. The van der Waals surface area contributed by atoms with Gasteiger partial charge in [-0.25, -0.2) is 0 Å². The van der Waals surface area contributed by atoms with Crippen LogP contribution < -0.4 is 0 Å². The van der Waals surface area contributed by atoms with Crippen LogP contribution in [0.4, 0.5) is 0 Å². The summed E-state index contributed by atoms with van der Waals surface area (Å²) in [5.74, 6) is 0. The molecule has 1 unspecified atom stereocenters. The normalized spacial score (nSPS) is 26.8. The van der Waals surface area contributed by atoms with Crippen LogP contribution >= 0.6 is 0 Å². The summed E-state index contributed by atoms with van der Waals surface area (Å²) in [4.78, 5) is 2.52. The molecular formula is C14H23NO. The molecule has 0 radical (unpaired) electrons. The number of nitrogens with zero attached hydrogens (tertiary/aromatic N) is 1. The number of piperidine rings is 1. The zero-order valence-corrected chi connectivity index (χ0v) is 10.3. The lowest BCUT2D eigenvalue weighted by Gasteiger charge is -2.27. The Morgan fingerprint density at radius 1 is 1.31 bits per heavy atom. The summed E-state index contributed by atoms with van der Waals surface area (Å²) < 4.78 is 5.86. The average Bonchev–Trinajstić information content (AvgIpc) is 2.33. The van der Waals surface area contributed by atoms with E-state index in [1.54, 1.807) is 0 Å². The quantitative estimate of drug-likeness (QED) is 0.724. The summed E-state index contributed by atoms with van der Waals surface area (Å²) in [6.07, 6.45) is 12.1. The van der Waals surface area contributed by atoms with Gasteiger partial charge in [-0.3, -0.25) is 0 Å². The van der Waals surface area contributed by atoms with Gasteiger partial charge >= 0.3 is 0 Å². The Bertz CT molecular complexity index is 264. The second kappa shape index (κ2) is 6.21. The Hall–Kier alpha value is -0.600. The number of rotatable bonds is 4. The first-order valence-corrected chi connectivity index (χ1v) is 6.53. The molecule has 0 aromatic carbocycles. The number of hydrogen-bond donors (Lipinski definition) is 0. The molecule has 1 heterocycles. The van der Waals surface area contributed by atoms with Crippen molar-refractivity contribution in [3.05, 3.63) is 23.8 Å². The Kier molecular flexibility index (Phi) is 4.61. The Labute approximate surface area is 99.0 Å². The van der Waals surface area contributed by atoms with Crippen LogP contribution in [0, 0.1) is 0 Å². The van der Waals surface area contributed by atoms with Gasteiger partial charge in [0.05, 0.1) is 12.7 Å². The minimum Gasteiger partial charge on any atom is -0.372 e. The molecule has 90 valence electrons.